The highest BCUT2D eigenvalue weighted by atomic mass is 15.3. The second-order valence-electron chi connectivity index (χ2n) is 6.16. The van der Waals surface area contributed by atoms with E-state index in [9.17, 15) is 0 Å². The number of fused-ring (bicyclic) bond motifs is 3. The zero-order valence-corrected chi connectivity index (χ0v) is 11.0. The monoisotopic (exact) mass is 239 g/mol. The van der Waals surface area contributed by atoms with Crippen LogP contribution in [0.1, 0.15) is 36.7 Å². The second kappa shape index (κ2) is 3.02. The predicted molar refractivity (Wildman–Crippen MR) is 69.8 cm³/mol. The third kappa shape index (κ3) is 1.10. The fourth-order valence-electron chi connectivity index (χ4n) is 3.76. The Morgan fingerprint density at radius 3 is 2.89 bits per heavy atom. The number of aryl methyl sites for hydroxylation is 1. The molecule has 4 rings (SSSR count). The Kier molecular flexibility index (Phi) is 1.73. The third-order valence-corrected chi connectivity index (χ3v) is 4.85. The predicted octanol–water partition coefficient (Wildman–Crippen LogP) is 2.87. The fourth-order valence-corrected chi connectivity index (χ4v) is 3.76. The van der Waals surface area contributed by atoms with Crippen LogP contribution in [-0.4, -0.2) is 14.8 Å². The number of nitrogens with zero attached hydrogens (tertiary/aromatic N) is 3. The van der Waals surface area contributed by atoms with E-state index in [1.807, 2.05) is 29.1 Å². The molecular weight excluding hydrogens is 222 g/mol. The lowest BCUT2D eigenvalue weighted by molar-refractivity contribution is 0.532. The van der Waals surface area contributed by atoms with Crippen molar-refractivity contribution in [1.29, 1.82) is 0 Å². The van der Waals surface area contributed by atoms with Gasteiger partial charge in [-0.3, -0.25) is 0 Å². The van der Waals surface area contributed by atoms with Crippen molar-refractivity contribution in [2.24, 2.45) is 11.3 Å². The fraction of sp³-hybridized carbons (Fsp3) is 0.467. The van der Waals surface area contributed by atoms with E-state index in [4.69, 9.17) is 5.10 Å². The molecule has 2 aromatic rings. The van der Waals surface area contributed by atoms with E-state index in [-0.39, 0.29) is 0 Å². The number of aromatic nitrogens is 3. The minimum absolute atomic E-state index is 0.482. The SMILES string of the molecule is Cc1nn(-c2ccccn2)c2c1[C@@H]1[C@H](C2)C1(C)C. The van der Waals surface area contributed by atoms with Gasteiger partial charge in [0.05, 0.1) is 11.4 Å². The van der Waals surface area contributed by atoms with E-state index in [1.54, 1.807) is 0 Å². The lowest BCUT2D eigenvalue weighted by Gasteiger charge is -2.10. The van der Waals surface area contributed by atoms with Gasteiger partial charge in [0.25, 0.3) is 0 Å². The molecule has 0 saturated heterocycles. The van der Waals surface area contributed by atoms with Crippen LogP contribution in [0, 0.1) is 18.3 Å². The quantitative estimate of drug-likeness (QED) is 0.766. The highest BCUT2D eigenvalue weighted by Gasteiger charge is 2.63. The van der Waals surface area contributed by atoms with Crippen LogP contribution in [0.25, 0.3) is 5.82 Å². The van der Waals surface area contributed by atoms with E-state index in [2.05, 4.69) is 25.8 Å². The van der Waals surface area contributed by atoms with Crippen molar-refractivity contribution in [1.82, 2.24) is 14.8 Å². The molecule has 2 aliphatic carbocycles. The summed E-state index contributed by atoms with van der Waals surface area (Å²) >= 11 is 0. The van der Waals surface area contributed by atoms with Gasteiger partial charge in [-0.05, 0) is 42.7 Å². The zero-order valence-electron chi connectivity index (χ0n) is 11.0. The summed E-state index contributed by atoms with van der Waals surface area (Å²) in [5, 5.41) is 4.70. The van der Waals surface area contributed by atoms with Gasteiger partial charge in [-0.2, -0.15) is 5.10 Å². The zero-order chi connectivity index (χ0) is 12.5. The smallest absolute Gasteiger partial charge is 0.153 e. The standard InChI is InChI=1S/C15H17N3/c1-9-13-11(8-10-14(13)15(10,2)3)18(17-9)12-6-4-5-7-16-12/h4-7,10,14H,8H2,1-3H3/t10-,14-/m0/s1. The molecule has 1 fully saturated rings. The summed E-state index contributed by atoms with van der Waals surface area (Å²) in [6.07, 6.45) is 2.99. The van der Waals surface area contributed by atoms with Crippen molar-refractivity contribution in [3.8, 4) is 5.82 Å². The first kappa shape index (κ1) is 10.3. The maximum absolute atomic E-state index is 4.70. The van der Waals surface area contributed by atoms with Gasteiger partial charge in [-0.1, -0.05) is 19.9 Å². The van der Waals surface area contributed by atoms with Gasteiger partial charge in [0, 0.05) is 11.8 Å². The first-order valence-electron chi connectivity index (χ1n) is 6.60. The van der Waals surface area contributed by atoms with E-state index in [0.717, 1.165) is 24.1 Å². The van der Waals surface area contributed by atoms with Gasteiger partial charge in [0.15, 0.2) is 5.82 Å². The number of hydrogen-bond donors (Lipinski definition) is 0. The minimum Gasteiger partial charge on any atom is -0.237 e. The maximum atomic E-state index is 4.70. The van der Waals surface area contributed by atoms with Gasteiger partial charge in [0.2, 0.25) is 0 Å². The van der Waals surface area contributed by atoms with E-state index in [0.29, 0.717) is 5.41 Å². The van der Waals surface area contributed by atoms with E-state index >= 15 is 0 Å². The summed E-state index contributed by atoms with van der Waals surface area (Å²) in [6.45, 7) is 6.89. The van der Waals surface area contributed by atoms with Crippen LogP contribution in [0.2, 0.25) is 0 Å². The Balaban J connectivity index is 1.87. The summed E-state index contributed by atoms with van der Waals surface area (Å²) < 4.78 is 2.05. The number of pyridine rings is 1. The Morgan fingerprint density at radius 2 is 2.17 bits per heavy atom. The molecule has 3 nitrogen and oxygen atoms in total. The molecule has 1 saturated carbocycles. The highest BCUT2D eigenvalue weighted by molar-refractivity contribution is 5.47. The highest BCUT2D eigenvalue weighted by Crippen LogP contribution is 2.70. The topological polar surface area (TPSA) is 30.7 Å². The summed E-state index contributed by atoms with van der Waals surface area (Å²) in [7, 11) is 0. The van der Waals surface area contributed by atoms with Crippen LogP contribution in [0.15, 0.2) is 24.4 Å². The largest absolute Gasteiger partial charge is 0.237 e. The first-order valence-corrected chi connectivity index (χ1v) is 6.60. The summed E-state index contributed by atoms with van der Waals surface area (Å²) in [5.41, 5.74) is 4.56. The van der Waals surface area contributed by atoms with Crippen molar-refractivity contribution in [3.63, 3.8) is 0 Å². The maximum Gasteiger partial charge on any atom is 0.153 e. The van der Waals surface area contributed by atoms with Crippen LogP contribution in [0.5, 0.6) is 0 Å². The molecule has 3 heteroatoms. The number of hydrogen-bond acceptors (Lipinski definition) is 2. The minimum atomic E-state index is 0.482. The molecule has 0 aliphatic heterocycles. The number of rotatable bonds is 1. The van der Waals surface area contributed by atoms with Crippen LogP contribution in [0.4, 0.5) is 0 Å². The molecule has 92 valence electrons. The van der Waals surface area contributed by atoms with Crippen molar-refractivity contribution < 1.29 is 0 Å². The van der Waals surface area contributed by atoms with Gasteiger partial charge >= 0.3 is 0 Å². The van der Waals surface area contributed by atoms with Gasteiger partial charge in [0.1, 0.15) is 0 Å². The second-order valence-corrected chi connectivity index (χ2v) is 6.16. The van der Waals surface area contributed by atoms with Crippen molar-refractivity contribution in [3.05, 3.63) is 41.3 Å². The molecule has 2 aliphatic rings. The van der Waals surface area contributed by atoms with Crippen molar-refractivity contribution in [2.45, 2.75) is 33.1 Å². The molecule has 0 amide bonds. The molecule has 0 radical (unpaired) electrons. The van der Waals surface area contributed by atoms with Gasteiger partial charge in [-0.25, -0.2) is 9.67 Å². The first-order chi connectivity index (χ1) is 8.60. The Bertz CT molecular complexity index is 625. The Hall–Kier alpha value is -1.64. The van der Waals surface area contributed by atoms with Crippen LogP contribution < -0.4 is 0 Å². The van der Waals surface area contributed by atoms with Gasteiger partial charge < -0.3 is 0 Å². The molecule has 2 heterocycles. The van der Waals surface area contributed by atoms with E-state index < -0.39 is 0 Å². The molecule has 2 aromatic heterocycles. The molecule has 0 aromatic carbocycles. The van der Waals surface area contributed by atoms with Crippen LogP contribution >= 0.6 is 0 Å². The van der Waals surface area contributed by atoms with E-state index in [1.165, 1.54) is 17.0 Å². The molecule has 0 bridgehead atoms. The van der Waals surface area contributed by atoms with Crippen molar-refractivity contribution >= 4 is 0 Å². The molecule has 0 unspecified atom stereocenters. The molecule has 18 heavy (non-hydrogen) atoms. The van der Waals surface area contributed by atoms with Gasteiger partial charge in [-0.15, -0.1) is 0 Å². The average molecular weight is 239 g/mol. The molecule has 0 N–H and O–H groups in total. The third-order valence-electron chi connectivity index (χ3n) is 4.85. The van der Waals surface area contributed by atoms with Crippen LogP contribution in [0.3, 0.4) is 0 Å². The molecule has 0 spiro atoms. The summed E-state index contributed by atoms with van der Waals surface area (Å²) in [5.74, 6) is 2.49. The van der Waals surface area contributed by atoms with Crippen LogP contribution in [-0.2, 0) is 6.42 Å². The summed E-state index contributed by atoms with van der Waals surface area (Å²) in [4.78, 5) is 4.42. The molecule has 2 atom stereocenters. The Morgan fingerprint density at radius 1 is 1.33 bits per heavy atom. The molecular formula is C15H17N3. The average Bonchev–Trinajstić information content (AvgIpc) is 2.74. The lowest BCUT2D eigenvalue weighted by Crippen LogP contribution is -2.07. The normalized spacial score (nSPS) is 26.8. The lowest BCUT2D eigenvalue weighted by atomic mass is 9.98. The summed E-state index contributed by atoms with van der Waals surface area (Å²) in [6, 6.07) is 5.99. The Labute approximate surface area is 107 Å². The van der Waals surface area contributed by atoms with Crippen molar-refractivity contribution in [2.75, 3.05) is 0 Å².